The van der Waals surface area contributed by atoms with Gasteiger partial charge in [0.05, 0.1) is 17.6 Å². The number of benzene rings is 1. The maximum absolute atomic E-state index is 13.0. The van der Waals surface area contributed by atoms with Crippen LogP contribution in [0, 0.1) is 22.6 Å². The standard InChI is InChI=1S/C13H13ClFNO2/c14-11-7-9(15)1-2-10(11)12(17)13(8-16)3-5-18-6-4-13/h1-2,7,12,17H,3-6H2. The van der Waals surface area contributed by atoms with Crippen molar-refractivity contribution in [1.29, 1.82) is 5.26 Å². The largest absolute Gasteiger partial charge is 0.387 e. The van der Waals surface area contributed by atoms with E-state index in [2.05, 4.69) is 6.07 Å². The Balaban J connectivity index is 2.34. The first kappa shape index (κ1) is 13.3. The highest BCUT2D eigenvalue weighted by Gasteiger charge is 2.41. The predicted molar refractivity (Wildman–Crippen MR) is 64.5 cm³/mol. The van der Waals surface area contributed by atoms with Crippen molar-refractivity contribution in [2.24, 2.45) is 5.41 Å². The average Bonchev–Trinajstić information content (AvgIpc) is 2.39. The van der Waals surface area contributed by atoms with Gasteiger partial charge in [0, 0.05) is 23.8 Å². The molecule has 1 aliphatic heterocycles. The van der Waals surface area contributed by atoms with Crippen LogP contribution in [0.5, 0.6) is 0 Å². The maximum Gasteiger partial charge on any atom is 0.124 e. The lowest BCUT2D eigenvalue weighted by atomic mass is 9.74. The molecule has 18 heavy (non-hydrogen) atoms. The van der Waals surface area contributed by atoms with Crippen LogP contribution in [0.15, 0.2) is 18.2 Å². The zero-order valence-electron chi connectivity index (χ0n) is 9.70. The van der Waals surface area contributed by atoms with Crippen molar-refractivity contribution < 1.29 is 14.2 Å². The summed E-state index contributed by atoms with van der Waals surface area (Å²) >= 11 is 5.92. The summed E-state index contributed by atoms with van der Waals surface area (Å²) in [5.74, 6) is -0.464. The minimum atomic E-state index is -1.03. The first-order chi connectivity index (χ1) is 8.59. The number of rotatable bonds is 2. The highest BCUT2D eigenvalue weighted by atomic mass is 35.5. The molecule has 1 saturated heterocycles. The van der Waals surface area contributed by atoms with Gasteiger partial charge in [-0.2, -0.15) is 5.26 Å². The van der Waals surface area contributed by atoms with Crippen LogP contribution in [0.1, 0.15) is 24.5 Å². The summed E-state index contributed by atoms with van der Waals surface area (Å²) in [6.45, 7) is 0.868. The summed E-state index contributed by atoms with van der Waals surface area (Å²) in [5, 5.41) is 19.9. The lowest BCUT2D eigenvalue weighted by molar-refractivity contribution is -0.0309. The monoisotopic (exact) mass is 269 g/mol. The van der Waals surface area contributed by atoms with Crippen LogP contribution in [0.25, 0.3) is 0 Å². The van der Waals surface area contributed by atoms with E-state index in [0.29, 0.717) is 31.6 Å². The van der Waals surface area contributed by atoms with Gasteiger partial charge in [-0.05, 0) is 25.0 Å². The van der Waals surface area contributed by atoms with Crippen LogP contribution in [0.2, 0.25) is 5.02 Å². The summed E-state index contributed by atoms with van der Waals surface area (Å²) < 4.78 is 18.2. The number of aliphatic hydroxyl groups excluding tert-OH is 1. The van der Waals surface area contributed by atoms with E-state index in [4.69, 9.17) is 16.3 Å². The molecule has 2 rings (SSSR count). The van der Waals surface area contributed by atoms with Crippen LogP contribution in [-0.4, -0.2) is 18.3 Å². The molecule has 1 unspecified atom stereocenters. The Morgan fingerprint density at radius 3 is 2.67 bits per heavy atom. The van der Waals surface area contributed by atoms with Crippen LogP contribution in [0.4, 0.5) is 4.39 Å². The van der Waals surface area contributed by atoms with Gasteiger partial charge in [-0.25, -0.2) is 4.39 Å². The molecule has 5 heteroatoms. The second-order valence-corrected chi connectivity index (χ2v) is 4.86. The fourth-order valence-electron chi connectivity index (χ4n) is 2.20. The average molecular weight is 270 g/mol. The Morgan fingerprint density at radius 1 is 1.44 bits per heavy atom. The first-order valence-electron chi connectivity index (χ1n) is 5.71. The van der Waals surface area contributed by atoms with E-state index in [1.54, 1.807) is 0 Å². The second-order valence-electron chi connectivity index (χ2n) is 4.45. The van der Waals surface area contributed by atoms with Crippen LogP contribution in [-0.2, 0) is 4.74 Å². The van der Waals surface area contributed by atoms with Crippen LogP contribution < -0.4 is 0 Å². The molecule has 1 aliphatic rings. The second kappa shape index (κ2) is 5.23. The maximum atomic E-state index is 13.0. The number of ether oxygens (including phenoxy) is 1. The van der Waals surface area contributed by atoms with E-state index in [0.717, 1.165) is 6.07 Å². The van der Waals surface area contributed by atoms with E-state index in [1.165, 1.54) is 12.1 Å². The van der Waals surface area contributed by atoms with Gasteiger partial charge in [-0.3, -0.25) is 0 Å². The molecule has 1 fully saturated rings. The third kappa shape index (κ3) is 2.35. The summed E-state index contributed by atoms with van der Waals surface area (Å²) in [6.07, 6.45) is -0.143. The van der Waals surface area contributed by atoms with E-state index in [1.807, 2.05) is 0 Å². The molecule has 0 bridgehead atoms. The third-order valence-electron chi connectivity index (χ3n) is 3.39. The van der Waals surface area contributed by atoms with Gasteiger partial charge in [-0.15, -0.1) is 0 Å². The number of hydrogen-bond acceptors (Lipinski definition) is 3. The quantitative estimate of drug-likeness (QED) is 0.898. The van der Waals surface area contributed by atoms with Crippen molar-refractivity contribution >= 4 is 11.6 Å². The number of hydrogen-bond donors (Lipinski definition) is 1. The Morgan fingerprint density at radius 2 is 2.11 bits per heavy atom. The first-order valence-corrected chi connectivity index (χ1v) is 6.09. The molecule has 3 nitrogen and oxygen atoms in total. The summed E-state index contributed by atoms with van der Waals surface area (Å²) in [5.41, 5.74) is -0.513. The van der Waals surface area contributed by atoms with Crippen LogP contribution in [0.3, 0.4) is 0 Å². The smallest absolute Gasteiger partial charge is 0.124 e. The molecule has 1 N–H and O–H groups in total. The molecule has 1 aromatic carbocycles. The van der Waals surface area contributed by atoms with Crippen LogP contribution >= 0.6 is 11.6 Å². The Labute approximate surface area is 110 Å². The van der Waals surface area contributed by atoms with Crippen molar-refractivity contribution in [3.05, 3.63) is 34.6 Å². The van der Waals surface area contributed by atoms with Gasteiger partial charge >= 0.3 is 0 Å². The third-order valence-corrected chi connectivity index (χ3v) is 3.72. The predicted octanol–water partition coefficient (Wildman–Crippen LogP) is 2.83. The number of aliphatic hydroxyl groups is 1. The minimum Gasteiger partial charge on any atom is -0.387 e. The van der Waals surface area contributed by atoms with Crippen molar-refractivity contribution in [2.45, 2.75) is 18.9 Å². The van der Waals surface area contributed by atoms with E-state index < -0.39 is 17.3 Å². The Bertz CT molecular complexity index is 480. The fourth-order valence-corrected chi connectivity index (χ4v) is 2.47. The van der Waals surface area contributed by atoms with E-state index in [9.17, 15) is 14.8 Å². The molecule has 0 aromatic heterocycles. The van der Waals surface area contributed by atoms with Gasteiger partial charge in [0.2, 0.25) is 0 Å². The van der Waals surface area contributed by atoms with Gasteiger partial charge in [0.15, 0.2) is 0 Å². The SMILES string of the molecule is N#CC1(C(O)c2ccc(F)cc2Cl)CCOCC1. The Hall–Kier alpha value is -1.15. The topological polar surface area (TPSA) is 53.2 Å². The number of nitriles is 1. The molecule has 1 heterocycles. The fraction of sp³-hybridized carbons (Fsp3) is 0.462. The van der Waals surface area contributed by atoms with E-state index in [-0.39, 0.29) is 5.02 Å². The summed E-state index contributed by atoms with van der Waals surface area (Å²) in [4.78, 5) is 0. The van der Waals surface area contributed by atoms with Gasteiger partial charge in [0.25, 0.3) is 0 Å². The zero-order chi connectivity index (χ0) is 13.2. The molecule has 0 spiro atoms. The highest BCUT2D eigenvalue weighted by Crippen LogP contribution is 2.43. The van der Waals surface area contributed by atoms with Crippen molar-refractivity contribution in [1.82, 2.24) is 0 Å². The van der Waals surface area contributed by atoms with Crippen molar-refractivity contribution in [2.75, 3.05) is 13.2 Å². The van der Waals surface area contributed by atoms with Crippen molar-refractivity contribution in [3.63, 3.8) is 0 Å². The molecular formula is C13H13ClFNO2. The zero-order valence-corrected chi connectivity index (χ0v) is 10.5. The highest BCUT2D eigenvalue weighted by molar-refractivity contribution is 6.31. The molecule has 1 aromatic rings. The molecule has 96 valence electrons. The number of halogens is 2. The van der Waals surface area contributed by atoms with E-state index >= 15 is 0 Å². The summed E-state index contributed by atoms with van der Waals surface area (Å²) in [6, 6.07) is 5.98. The Kier molecular flexibility index (Phi) is 3.86. The van der Waals surface area contributed by atoms with Gasteiger partial charge < -0.3 is 9.84 Å². The lowest BCUT2D eigenvalue weighted by Crippen LogP contribution is -2.34. The summed E-state index contributed by atoms with van der Waals surface area (Å²) in [7, 11) is 0. The molecule has 1 atom stereocenters. The van der Waals surface area contributed by atoms with Crippen molar-refractivity contribution in [3.8, 4) is 6.07 Å². The molecule has 0 amide bonds. The molecule has 0 aliphatic carbocycles. The molecular weight excluding hydrogens is 257 g/mol. The van der Waals surface area contributed by atoms with Gasteiger partial charge in [-0.1, -0.05) is 17.7 Å². The number of nitrogens with zero attached hydrogens (tertiary/aromatic N) is 1. The molecule has 0 saturated carbocycles. The minimum absolute atomic E-state index is 0.142. The van der Waals surface area contributed by atoms with Gasteiger partial charge in [0.1, 0.15) is 5.82 Å². The molecule has 0 radical (unpaired) electrons. The lowest BCUT2D eigenvalue weighted by Gasteiger charge is -2.35. The normalized spacial score (nSPS) is 20.1.